The first-order valence-corrected chi connectivity index (χ1v) is 2.79. The van der Waals surface area contributed by atoms with Crippen molar-refractivity contribution in [3.8, 4) is 0 Å². The number of hydrogen-bond donors (Lipinski definition) is 0. The van der Waals surface area contributed by atoms with Crippen LogP contribution < -0.4 is 10.7 Å². The molecule has 10 heavy (non-hydrogen) atoms. The van der Waals surface area contributed by atoms with Crippen LogP contribution >= 0.6 is 0 Å². The average molecular weight is 143 g/mol. The Hall–Kier alpha value is -1.33. The summed E-state index contributed by atoms with van der Waals surface area (Å²) in [5, 5.41) is 8.62. The minimum atomic E-state index is -0.245. The van der Waals surface area contributed by atoms with Gasteiger partial charge in [0.1, 0.15) is 0 Å². The molecular formula is C4H9N5O. The summed E-state index contributed by atoms with van der Waals surface area (Å²) in [7, 11) is 4.99. The van der Waals surface area contributed by atoms with Gasteiger partial charge in [-0.15, -0.1) is 0 Å². The fraction of sp³-hybridized carbons (Fsp3) is 0.750. The Labute approximate surface area is 57.6 Å². The van der Waals surface area contributed by atoms with Crippen molar-refractivity contribution in [1.29, 1.82) is 0 Å². The van der Waals surface area contributed by atoms with E-state index < -0.39 is 0 Å². The normalized spacial score (nSPS) is 9.90. The number of nitrogens with zero attached hydrogens (tertiary/aromatic N) is 5. The summed E-state index contributed by atoms with van der Waals surface area (Å²) in [6, 6.07) is 0. The molecule has 0 aromatic carbocycles. The van der Waals surface area contributed by atoms with Crippen molar-refractivity contribution in [1.82, 2.24) is 19.9 Å². The maximum Gasteiger partial charge on any atom is 0.383 e. The van der Waals surface area contributed by atoms with Gasteiger partial charge in [0.25, 0.3) is 0 Å². The van der Waals surface area contributed by atoms with Gasteiger partial charge >= 0.3 is 5.69 Å². The summed E-state index contributed by atoms with van der Waals surface area (Å²) in [5.74, 6) is 0. The fourth-order valence-electron chi connectivity index (χ4n) is 0.555. The molecule has 6 nitrogen and oxygen atoms in total. The number of tetrazole rings is 1. The van der Waals surface area contributed by atoms with E-state index in [1.807, 2.05) is 0 Å². The highest BCUT2D eigenvalue weighted by Gasteiger charge is 2.02. The van der Waals surface area contributed by atoms with E-state index in [1.165, 1.54) is 9.47 Å². The van der Waals surface area contributed by atoms with Gasteiger partial charge in [-0.25, -0.2) is 4.79 Å². The van der Waals surface area contributed by atoms with Crippen LogP contribution in [0.3, 0.4) is 0 Å². The first kappa shape index (κ1) is 6.79. The molecule has 0 fully saturated rings. The van der Waals surface area contributed by atoms with Gasteiger partial charge in [-0.3, -0.25) is 5.01 Å². The predicted molar refractivity (Wildman–Crippen MR) is 35.3 cm³/mol. The lowest BCUT2D eigenvalue weighted by molar-refractivity contribution is 0.593. The maximum absolute atomic E-state index is 11.0. The lowest BCUT2D eigenvalue weighted by Crippen LogP contribution is -2.37. The van der Waals surface area contributed by atoms with E-state index in [0.717, 1.165) is 0 Å². The van der Waals surface area contributed by atoms with Crippen molar-refractivity contribution in [3.63, 3.8) is 0 Å². The zero-order valence-electron chi connectivity index (χ0n) is 6.14. The Bertz CT molecular complexity index is 271. The van der Waals surface area contributed by atoms with Crippen LogP contribution in [0.4, 0.5) is 0 Å². The third kappa shape index (κ3) is 0.873. The molecule has 1 heterocycles. The topological polar surface area (TPSA) is 56.0 Å². The van der Waals surface area contributed by atoms with Crippen LogP contribution in [0, 0.1) is 0 Å². The van der Waals surface area contributed by atoms with E-state index in [9.17, 15) is 4.79 Å². The SMILES string of the molecule is CN(C)n1nnn(C)c1=O. The van der Waals surface area contributed by atoms with Crippen molar-refractivity contribution in [2.45, 2.75) is 0 Å². The molecule has 0 aliphatic heterocycles. The summed E-state index contributed by atoms with van der Waals surface area (Å²) in [5.41, 5.74) is -0.245. The minimum absolute atomic E-state index is 0.245. The van der Waals surface area contributed by atoms with Gasteiger partial charge in [0.2, 0.25) is 0 Å². The smallest absolute Gasteiger partial charge is 0.297 e. The minimum Gasteiger partial charge on any atom is -0.297 e. The summed E-state index contributed by atoms with van der Waals surface area (Å²) < 4.78 is 1.17. The van der Waals surface area contributed by atoms with Crippen LogP contribution in [0.2, 0.25) is 0 Å². The number of rotatable bonds is 1. The molecule has 0 saturated carbocycles. The lowest BCUT2D eigenvalue weighted by Gasteiger charge is -2.06. The van der Waals surface area contributed by atoms with E-state index >= 15 is 0 Å². The van der Waals surface area contributed by atoms with Crippen molar-refractivity contribution in [3.05, 3.63) is 10.5 Å². The molecule has 0 saturated heterocycles. The molecular weight excluding hydrogens is 134 g/mol. The first-order valence-electron chi connectivity index (χ1n) is 2.79. The molecule has 1 aromatic heterocycles. The van der Waals surface area contributed by atoms with Crippen LogP contribution in [0.1, 0.15) is 0 Å². The van der Waals surface area contributed by atoms with Gasteiger partial charge in [0, 0.05) is 21.1 Å². The summed E-state index contributed by atoms with van der Waals surface area (Å²) in [6.45, 7) is 0. The zero-order chi connectivity index (χ0) is 7.72. The number of aryl methyl sites for hydroxylation is 1. The summed E-state index contributed by atoms with van der Waals surface area (Å²) in [4.78, 5) is 12.1. The molecule has 0 unspecified atom stereocenters. The fourth-order valence-corrected chi connectivity index (χ4v) is 0.555. The largest absolute Gasteiger partial charge is 0.383 e. The van der Waals surface area contributed by atoms with Gasteiger partial charge < -0.3 is 0 Å². The predicted octanol–water partition coefficient (Wildman–Crippen LogP) is -1.83. The van der Waals surface area contributed by atoms with Crippen LogP contribution in [0.15, 0.2) is 4.79 Å². The zero-order valence-corrected chi connectivity index (χ0v) is 6.14. The van der Waals surface area contributed by atoms with E-state index in [0.29, 0.717) is 0 Å². The molecule has 0 aliphatic rings. The maximum atomic E-state index is 11.0. The second kappa shape index (κ2) is 2.13. The van der Waals surface area contributed by atoms with E-state index in [2.05, 4.69) is 10.4 Å². The third-order valence-corrected chi connectivity index (χ3v) is 1.09. The second-order valence-electron chi connectivity index (χ2n) is 2.12. The molecule has 0 atom stereocenters. The number of aromatic nitrogens is 4. The Morgan fingerprint density at radius 1 is 1.40 bits per heavy atom. The molecule has 0 aliphatic carbocycles. The van der Waals surface area contributed by atoms with E-state index in [-0.39, 0.29) is 5.69 Å². The van der Waals surface area contributed by atoms with Gasteiger partial charge in [-0.1, -0.05) is 4.79 Å². The lowest BCUT2D eigenvalue weighted by atomic mass is 11.1. The van der Waals surface area contributed by atoms with Crippen molar-refractivity contribution in [2.75, 3.05) is 19.1 Å². The monoisotopic (exact) mass is 143 g/mol. The molecule has 1 aromatic rings. The van der Waals surface area contributed by atoms with Gasteiger partial charge in [-0.2, -0.15) is 4.68 Å². The second-order valence-corrected chi connectivity index (χ2v) is 2.12. The first-order chi connectivity index (χ1) is 4.63. The highest BCUT2D eigenvalue weighted by atomic mass is 16.2. The Balaban J connectivity index is 3.18. The van der Waals surface area contributed by atoms with Crippen molar-refractivity contribution < 1.29 is 0 Å². The molecule has 0 amide bonds. The van der Waals surface area contributed by atoms with Crippen molar-refractivity contribution in [2.24, 2.45) is 7.05 Å². The molecule has 0 bridgehead atoms. The standard InChI is InChI=1S/C4H9N5O/c1-7(2)9-4(10)8(3)5-6-9/h1-3H3. The molecule has 6 heteroatoms. The van der Waals surface area contributed by atoms with Gasteiger partial charge in [-0.05, 0) is 10.4 Å². The quantitative estimate of drug-likeness (QED) is 0.464. The molecule has 1 rings (SSSR count). The third-order valence-electron chi connectivity index (χ3n) is 1.09. The van der Waals surface area contributed by atoms with Crippen LogP contribution in [0.25, 0.3) is 0 Å². The molecule has 56 valence electrons. The van der Waals surface area contributed by atoms with Gasteiger partial charge in [0.05, 0.1) is 0 Å². The molecule has 0 spiro atoms. The number of hydrogen-bond acceptors (Lipinski definition) is 4. The summed E-state index contributed by atoms with van der Waals surface area (Å²) >= 11 is 0. The Kier molecular flexibility index (Phi) is 1.44. The van der Waals surface area contributed by atoms with Crippen LogP contribution in [-0.4, -0.2) is 34.0 Å². The average Bonchev–Trinajstić information content (AvgIpc) is 2.14. The summed E-state index contributed by atoms with van der Waals surface area (Å²) in [6.07, 6.45) is 0. The highest BCUT2D eigenvalue weighted by molar-refractivity contribution is 4.67. The molecule has 0 N–H and O–H groups in total. The van der Waals surface area contributed by atoms with Gasteiger partial charge in [0.15, 0.2) is 0 Å². The van der Waals surface area contributed by atoms with Crippen molar-refractivity contribution >= 4 is 0 Å². The Morgan fingerprint density at radius 3 is 2.20 bits per heavy atom. The van der Waals surface area contributed by atoms with Crippen LogP contribution in [0.5, 0.6) is 0 Å². The molecule has 0 radical (unpaired) electrons. The van der Waals surface area contributed by atoms with E-state index in [1.54, 1.807) is 26.2 Å². The van der Waals surface area contributed by atoms with Crippen LogP contribution in [-0.2, 0) is 7.05 Å². The highest BCUT2D eigenvalue weighted by Crippen LogP contribution is 1.67. The van der Waals surface area contributed by atoms with E-state index in [4.69, 9.17) is 0 Å². The Morgan fingerprint density at radius 2 is 2.00 bits per heavy atom.